The molecule has 3 heteroatoms. The van der Waals surface area contributed by atoms with Gasteiger partial charge in [-0.05, 0) is 6.92 Å². The van der Waals surface area contributed by atoms with Gasteiger partial charge in [0.15, 0.2) is 11.0 Å². The minimum Gasteiger partial charge on any atom is -0.445 e. The molecule has 0 aromatic carbocycles. The van der Waals surface area contributed by atoms with Crippen molar-refractivity contribution in [3.8, 4) is 0 Å². The van der Waals surface area contributed by atoms with Gasteiger partial charge in [0.25, 0.3) is 0 Å². The van der Waals surface area contributed by atoms with Crippen LogP contribution >= 0.6 is 11.6 Å². The Balaban J connectivity index is 3.14. The van der Waals surface area contributed by atoms with Crippen LogP contribution in [-0.2, 0) is 0 Å². The Morgan fingerprint density at radius 2 is 2.12 bits per heavy atom. The predicted molar refractivity (Wildman–Crippen MR) is 31.0 cm³/mol. The molecule has 0 bridgehead atoms. The molecular weight excluding hydrogens is 126 g/mol. The number of hydrogen-bond acceptors (Lipinski definition) is 2. The quantitative estimate of drug-likeness (QED) is 0.538. The highest BCUT2D eigenvalue weighted by Gasteiger charge is 1.99. The molecule has 1 heterocycles. The maximum atomic E-state index is 5.52. The van der Waals surface area contributed by atoms with Crippen molar-refractivity contribution in [3.63, 3.8) is 0 Å². The van der Waals surface area contributed by atoms with Crippen LogP contribution < -0.4 is 0 Å². The van der Waals surface area contributed by atoms with E-state index in [1.165, 1.54) is 0 Å². The van der Waals surface area contributed by atoms with Crippen molar-refractivity contribution < 1.29 is 4.42 Å². The summed E-state index contributed by atoms with van der Waals surface area (Å²) in [6.45, 7) is 3.54. The summed E-state index contributed by atoms with van der Waals surface area (Å²) < 4.78 is 4.97. The molecule has 1 aromatic rings. The molecule has 1 aromatic heterocycles. The van der Waals surface area contributed by atoms with Gasteiger partial charge in [0.2, 0.25) is 0 Å². The van der Waals surface area contributed by atoms with Gasteiger partial charge in [-0.25, -0.2) is 4.98 Å². The van der Waals surface area contributed by atoms with Gasteiger partial charge in [-0.2, -0.15) is 0 Å². The summed E-state index contributed by atoms with van der Waals surface area (Å²) in [4.78, 5) is 3.81. The summed E-state index contributed by atoms with van der Waals surface area (Å²) in [7, 11) is 0. The van der Waals surface area contributed by atoms with E-state index >= 15 is 0 Å². The highest BCUT2D eigenvalue weighted by molar-refractivity contribution is 6.29. The van der Waals surface area contributed by atoms with Crippen molar-refractivity contribution in [3.05, 3.63) is 16.8 Å². The fraction of sp³-hybridized carbons (Fsp3) is 0.400. The monoisotopic (exact) mass is 131 g/mol. The number of halogens is 1. The molecule has 0 unspecified atom stereocenters. The van der Waals surface area contributed by atoms with E-state index in [-0.39, 0.29) is 0 Å². The summed E-state index contributed by atoms with van der Waals surface area (Å²) in [6, 6.07) is 0. The Morgan fingerprint density at radius 1 is 1.50 bits per heavy atom. The lowest BCUT2D eigenvalue weighted by Gasteiger charge is -1.75. The lowest BCUT2D eigenvalue weighted by molar-refractivity contribution is 0.494. The Labute approximate surface area is 52.5 Å². The Bertz CT molecular complexity index is 175. The summed E-state index contributed by atoms with van der Waals surface area (Å²) in [5.41, 5.74) is 0. The molecule has 8 heavy (non-hydrogen) atoms. The number of rotatable bonds is 0. The summed E-state index contributed by atoms with van der Waals surface area (Å²) in [6.07, 6.45) is 0. The van der Waals surface area contributed by atoms with Crippen LogP contribution in [0.4, 0.5) is 0 Å². The zero-order valence-electron chi connectivity index (χ0n) is 4.73. The third-order valence-electron chi connectivity index (χ3n) is 0.847. The first-order valence-corrected chi connectivity index (χ1v) is 2.67. The number of oxazole rings is 1. The third-order valence-corrected chi connectivity index (χ3v) is 1.20. The third kappa shape index (κ3) is 0.842. The van der Waals surface area contributed by atoms with E-state index in [0.717, 1.165) is 0 Å². The second-order valence-electron chi connectivity index (χ2n) is 1.58. The summed E-state index contributed by atoms with van der Waals surface area (Å²) >= 11 is 5.52. The standard InChI is InChI=1S/C5H6ClNO/c1-3-5(6)7-4(2)8-3/h1-2H3. The molecule has 2 nitrogen and oxygen atoms in total. The van der Waals surface area contributed by atoms with Gasteiger partial charge in [0, 0.05) is 6.92 Å². The lowest BCUT2D eigenvalue weighted by Crippen LogP contribution is -1.64. The Kier molecular flexibility index (Phi) is 1.26. The van der Waals surface area contributed by atoms with Gasteiger partial charge in [0.1, 0.15) is 5.76 Å². The van der Waals surface area contributed by atoms with Crippen LogP contribution in [0.15, 0.2) is 4.42 Å². The van der Waals surface area contributed by atoms with E-state index in [0.29, 0.717) is 16.8 Å². The first-order valence-electron chi connectivity index (χ1n) is 2.29. The molecule has 0 aliphatic rings. The molecule has 0 aliphatic carbocycles. The zero-order valence-corrected chi connectivity index (χ0v) is 5.49. The van der Waals surface area contributed by atoms with Crippen molar-refractivity contribution in [2.45, 2.75) is 13.8 Å². The van der Waals surface area contributed by atoms with Gasteiger partial charge in [-0.15, -0.1) is 0 Å². The Hall–Kier alpha value is -0.500. The molecule has 0 spiro atoms. The van der Waals surface area contributed by atoms with E-state index in [4.69, 9.17) is 16.0 Å². The fourth-order valence-electron chi connectivity index (χ4n) is 0.503. The zero-order chi connectivity index (χ0) is 6.15. The second-order valence-corrected chi connectivity index (χ2v) is 1.94. The van der Waals surface area contributed by atoms with Crippen LogP contribution in [0.3, 0.4) is 0 Å². The fourth-order valence-corrected chi connectivity index (χ4v) is 0.661. The van der Waals surface area contributed by atoms with E-state index in [9.17, 15) is 0 Å². The second kappa shape index (κ2) is 1.78. The van der Waals surface area contributed by atoms with Gasteiger partial charge in [-0.1, -0.05) is 11.6 Å². The minimum atomic E-state index is 0.461. The number of aromatic nitrogens is 1. The van der Waals surface area contributed by atoms with Crippen molar-refractivity contribution in [1.29, 1.82) is 0 Å². The first kappa shape index (κ1) is 5.63. The minimum absolute atomic E-state index is 0.461. The Morgan fingerprint density at radius 3 is 2.25 bits per heavy atom. The molecule has 0 saturated heterocycles. The average Bonchev–Trinajstić information content (AvgIpc) is 1.85. The molecule has 0 saturated carbocycles. The largest absolute Gasteiger partial charge is 0.445 e. The van der Waals surface area contributed by atoms with Gasteiger partial charge >= 0.3 is 0 Å². The molecule has 1 rings (SSSR count). The number of aryl methyl sites for hydroxylation is 2. The predicted octanol–water partition coefficient (Wildman–Crippen LogP) is 1.94. The smallest absolute Gasteiger partial charge is 0.192 e. The van der Waals surface area contributed by atoms with Crippen LogP contribution in [0.5, 0.6) is 0 Å². The van der Waals surface area contributed by atoms with E-state index in [1.54, 1.807) is 13.8 Å². The van der Waals surface area contributed by atoms with E-state index in [2.05, 4.69) is 4.98 Å². The number of nitrogens with zero attached hydrogens (tertiary/aromatic N) is 1. The summed E-state index contributed by atoms with van der Waals surface area (Å²) in [5.74, 6) is 1.30. The normalized spacial score (nSPS) is 9.88. The van der Waals surface area contributed by atoms with Crippen LogP contribution in [0, 0.1) is 13.8 Å². The SMILES string of the molecule is Cc1nc(Cl)c(C)o1. The van der Waals surface area contributed by atoms with Crippen LogP contribution in [-0.4, -0.2) is 4.98 Å². The molecule has 0 fully saturated rings. The highest BCUT2D eigenvalue weighted by atomic mass is 35.5. The van der Waals surface area contributed by atoms with Gasteiger partial charge in [0.05, 0.1) is 0 Å². The van der Waals surface area contributed by atoms with E-state index < -0.39 is 0 Å². The van der Waals surface area contributed by atoms with Gasteiger partial charge < -0.3 is 4.42 Å². The van der Waals surface area contributed by atoms with E-state index in [1.807, 2.05) is 0 Å². The molecule has 0 N–H and O–H groups in total. The average molecular weight is 132 g/mol. The molecule has 0 amide bonds. The van der Waals surface area contributed by atoms with Crippen molar-refractivity contribution in [1.82, 2.24) is 4.98 Å². The summed E-state index contributed by atoms with van der Waals surface area (Å²) in [5, 5.41) is 0.461. The molecular formula is C5H6ClNO. The molecule has 0 atom stereocenters. The van der Waals surface area contributed by atoms with Crippen LogP contribution in [0.25, 0.3) is 0 Å². The van der Waals surface area contributed by atoms with Crippen LogP contribution in [0.1, 0.15) is 11.7 Å². The van der Waals surface area contributed by atoms with Crippen LogP contribution in [0.2, 0.25) is 5.15 Å². The lowest BCUT2D eigenvalue weighted by atomic mass is 10.6. The first-order chi connectivity index (χ1) is 3.70. The van der Waals surface area contributed by atoms with Gasteiger partial charge in [-0.3, -0.25) is 0 Å². The van der Waals surface area contributed by atoms with Crippen molar-refractivity contribution in [2.75, 3.05) is 0 Å². The topological polar surface area (TPSA) is 26.0 Å². The maximum Gasteiger partial charge on any atom is 0.192 e. The van der Waals surface area contributed by atoms with Crippen molar-refractivity contribution >= 4 is 11.6 Å². The maximum absolute atomic E-state index is 5.52. The molecule has 0 radical (unpaired) electrons. The number of hydrogen-bond donors (Lipinski definition) is 0. The molecule has 0 aliphatic heterocycles. The highest BCUT2D eigenvalue weighted by Crippen LogP contribution is 2.13. The molecule has 44 valence electrons. The van der Waals surface area contributed by atoms with Crippen molar-refractivity contribution in [2.24, 2.45) is 0 Å².